The molecule has 0 saturated carbocycles. The highest BCUT2D eigenvalue weighted by molar-refractivity contribution is 7.80. The van der Waals surface area contributed by atoms with Crippen LogP contribution in [0.25, 0.3) is 31.8 Å². The second-order valence-electron chi connectivity index (χ2n) is 11.3. The number of thiophene rings is 1. The summed E-state index contributed by atoms with van der Waals surface area (Å²) in [5, 5.41) is -0.805. The summed E-state index contributed by atoms with van der Waals surface area (Å²) in [7, 11) is 0. The highest BCUT2D eigenvalue weighted by atomic mass is 32.1. The van der Waals surface area contributed by atoms with Crippen LogP contribution in [0, 0.1) is 5.92 Å². The third-order valence-electron chi connectivity index (χ3n) is 8.04. The van der Waals surface area contributed by atoms with Gasteiger partial charge in [-0.3, -0.25) is 14.7 Å². The van der Waals surface area contributed by atoms with Crippen molar-refractivity contribution in [3.8, 4) is 33.1 Å². The Balaban J connectivity index is 1.19. The topological polar surface area (TPSA) is 71.7 Å². The molecular weight excluding hydrogens is 592 g/mol. The maximum Gasteiger partial charge on any atom is 0.261 e. The fourth-order valence-corrected chi connectivity index (χ4v) is 6.64. The van der Waals surface area contributed by atoms with E-state index in [-0.39, 0.29) is 11.5 Å². The number of hydrogen-bond acceptors (Lipinski definition) is 6. The molecule has 1 aliphatic heterocycles. The van der Waals surface area contributed by atoms with Crippen molar-refractivity contribution in [2.75, 3.05) is 13.1 Å². The Morgan fingerprint density at radius 1 is 1.00 bits per heavy atom. The maximum atomic E-state index is 13.7. The van der Waals surface area contributed by atoms with Crippen LogP contribution in [0.5, 0.6) is 11.5 Å². The molecule has 3 aromatic carbocycles. The van der Waals surface area contributed by atoms with Crippen LogP contribution in [0.2, 0.25) is 0 Å². The van der Waals surface area contributed by atoms with Gasteiger partial charge in [-0.25, -0.2) is 0 Å². The molecule has 0 radical (unpaired) electrons. The van der Waals surface area contributed by atoms with Gasteiger partial charge in [-0.2, -0.15) is 0 Å². The van der Waals surface area contributed by atoms with Crippen LogP contribution >= 0.6 is 23.6 Å². The molecule has 0 unspecified atom stereocenters. The largest absolute Gasteiger partial charge is 0.455 e. The van der Waals surface area contributed by atoms with E-state index < -0.39 is 11.0 Å². The quantitative estimate of drug-likeness (QED) is 0.139. The van der Waals surface area contributed by atoms with E-state index in [1.54, 1.807) is 29.7 Å². The van der Waals surface area contributed by atoms with Crippen LogP contribution in [-0.2, 0) is 17.8 Å². The predicted octanol–water partition coefficient (Wildman–Crippen LogP) is 8.15. The highest BCUT2D eigenvalue weighted by Gasteiger charge is 2.18. The average molecular weight is 625 g/mol. The molecule has 224 valence electrons. The summed E-state index contributed by atoms with van der Waals surface area (Å²) < 4.78 is 21.2. The number of nitrogens with zero attached hydrogens (tertiary/aromatic N) is 3. The predicted molar refractivity (Wildman–Crippen MR) is 179 cm³/mol. The molecule has 0 bridgehead atoms. The molecule has 5 aromatic rings. The van der Waals surface area contributed by atoms with Crippen LogP contribution in [0.15, 0.2) is 91.1 Å². The lowest BCUT2D eigenvalue weighted by Crippen LogP contribution is -2.34. The van der Waals surface area contributed by atoms with Gasteiger partial charge in [-0.1, -0.05) is 78.1 Å². The molecule has 3 heterocycles. The SMILES string of the molecule is CC1CCN(Cc2ccc(-c3cc4nccc(Oc5ccccc5-c5ccc(CC(=O)N(F)C(N)=S)cc5)c4s3)cc2)CC1. The van der Waals surface area contributed by atoms with Gasteiger partial charge >= 0.3 is 0 Å². The van der Waals surface area contributed by atoms with E-state index in [0.29, 0.717) is 11.3 Å². The number of benzene rings is 3. The molecule has 2 aromatic heterocycles. The first-order chi connectivity index (χ1) is 21.3. The van der Waals surface area contributed by atoms with Gasteiger partial charge in [-0.05, 0) is 78.5 Å². The van der Waals surface area contributed by atoms with Crippen LogP contribution < -0.4 is 10.5 Å². The van der Waals surface area contributed by atoms with E-state index in [4.69, 9.17) is 10.5 Å². The number of aromatic nitrogens is 1. The van der Waals surface area contributed by atoms with Crippen LogP contribution in [0.1, 0.15) is 30.9 Å². The number of thiocarbonyl (C=S) groups is 1. The third-order valence-corrected chi connectivity index (χ3v) is 9.38. The first-order valence-electron chi connectivity index (χ1n) is 14.7. The van der Waals surface area contributed by atoms with Crippen molar-refractivity contribution < 1.29 is 14.0 Å². The lowest BCUT2D eigenvalue weighted by molar-refractivity contribution is -0.136. The summed E-state index contributed by atoms with van der Waals surface area (Å²) in [5.74, 6) is 1.45. The van der Waals surface area contributed by atoms with Crippen molar-refractivity contribution in [1.29, 1.82) is 0 Å². The number of nitrogens with two attached hydrogens (primary N) is 1. The number of likely N-dealkylation sites (tertiary alicyclic amines) is 1. The lowest BCUT2D eigenvalue weighted by Gasteiger charge is -2.30. The van der Waals surface area contributed by atoms with Gasteiger partial charge in [0.15, 0.2) is 0 Å². The molecule has 9 heteroatoms. The van der Waals surface area contributed by atoms with Gasteiger partial charge in [0, 0.05) is 29.2 Å². The second kappa shape index (κ2) is 13.2. The zero-order valence-electron chi connectivity index (χ0n) is 24.4. The van der Waals surface area contributed by atoms with Crippen LogP contribution in [0.3, 0.4) is 0 Å². The van der Waals surface area contributed by atoms with E-state index in [9.17, 15) is 9.28 Å². The van der Waals surface area contributed by atoms with E-state index >= 15 is 0 Å². The highest BCUT2D eigenvalue weighted by Crippen LogP contribution is 2.41. The first kappa shape index (κ1) is 29.9. The minimum absolute atomic E-state index is 0.150. The second-order valence-corrected chi connectivity index (χ2v) is 12.7. The van der Waals surface area contributed by atoms with E-state index in [1.807, 2.05) is 42.5 Å². The number of halogens is 1. The Labute approximate surface area is 265 Å². The van der Waals surface area contributed by atoms with E-state index in [1.165, 1.54) is 31.5 Å². The van der Waals surface area contributed by atoms with Gasteiger partial charge in [0.05, 0.1) is 16.6 Å². The van der Waals surface area contributed by atoms with Gasteiger partial charge in [0.2, 0.25) is 5.11 Å². The zero-order chi connectivity index (χ0) is 30.6. The Hall–Kier alpha value is -4.18. The molecular formula is C35H33FN4O2S2. The van der Waals surface area contributed by atoms with Crippen molar-refractivity contribution in [3.63, 3.8) is 0 Å². The summed E-state index contributed by atoms with van der Waals surface area (Å²) in [6, 6.07) is 28.0. The summed E-state index contributed by atoms with van der Waals surface area (Å²) in [6.07, 6.45) is 4.18. The molecule has 1 amide bonds. The van der Waals surface area contributed by atoms with Crippen LogP contribution in [-0.4, -0.2) is 39.1 Å². The molecule has 6 rings (SSSR count). The molecule has 1 fully saturated rings. The number of ether oxygens (including phenoxy) is 1. The number of carbonyl (C=O) groups is 1. The van der Waals surface area contributed by atoms with Gasteiger partial charge < -0.3 is 10.5 Å². The molecule has 0 spiro atoms. The first-order valence-corrected chi connectivity index (χ1v) is 15.9. The summed E-state index contributed by atoms with van der Waals surface area (Å²) >= 11 is 6.21. The van der Waals surface area contributed by atoms with Crippen molar-refractivity contribution >= 4 is 44.8 Å². The van der Waals surface area contributed by atoms with Crippen molar-refractivity contribution in [3.05, 3.63) is 102 Å². The standard InChI is InChI=1S/C35H33FN4O2S2/c1-23-15-18-39(19-16-23)22-25-8-12-27(13-9-25)32-21-29-34(44-32)31(14-17-38-29)42-30-5-3-2-4-28(30)26-10-6-24(7-11-26)20-33(41)40(36)35(37)43/h2-14,17,21,23H,15-16,18-20,22H2,1H3,(H2,37,43). The summed E-state index contributed by atoms with van der Waals surface area (Å²) in [4.78, 5) is 20.3. The normalized spacial score (nSPS) is 14.0. The number of piperidine rings is 1. The summed E-state index contributed by atoms with van der Waals surface area (Å²) in [6.45, 7) is 5.69. The van der Waals surface area contributed by atoms with Gasteiger partial charge in [0.25, 0.3) is 5.91 Å². The van der Waals surface area contributed by atoms with Crippen molar-refractivity contribution in [2.24, 2.45) is 11.7 Å². The number of hydrogen-bond donors (Lipinski definition) is 1. The van der Waals surface area contributed by atoms with Crippen molar-refractivity contribution in [2.45, 2.75) is 32.7 Å². The Morgan fingerprint density at radius 2 is 1.68 bits per heavy atom. The number of rotatable bonds is 8. The Kier molecular flexibility index (Phi) is 8.97. The number of fused-ring (bicyclic) bond motifs is 1. The van der Waals surface area contributed by atoms with Gasteiger partial charge in [-0.15, -0.1) is 16.5 Å². The fourth-order valence-electron chi connectivity index (χ4n) is 5.47. The molecule has 1 aliphatic rings. The third kappa shape index (κ3) is 6.80. The minimum atomic E-state index is -0.811. The smallest absolute Gasteiger partial charge is 0.261 e. The number of pyridine rings is 1. The summed E-state index contributed by atoms with van der Waals surface area (Å²) in [5.41, 5.74) is 11.0. The number of para-hydroxylation sites is 1. The lowest BCUT2D eigenvalue weighted by atomic mass is 9.99. The Morgan fingerprint density at radius 3 is 2.41 bits per heavy atom. The molecule has 1 saturated heterocycles. The van der Waals surface area contributed by atoms with E-state index in [2.05, 4.69) is 59.4 Å². The molecule has 2 N–H and O–H groups in total. The van der Waals surface area contributed by atoms with Gasteiger partial charge in [0.1, 0.15) is 11.5 Å². The number of carbonyl (C=O) groups excluding carboxylic acids is 1. The van der Waals surface area contributed by atoms with E-state index in [0.717, 1.165) is 50.0 Å². The maximum absolute atomic E-state index is 13.7. The Bertz CT molecular complexity index is 1780. The van der Waals surface area contributed by atoms with Crippen LogP contribution in [0.4, 0.5) is 4.48 Å². The average Bonchev–Trinajstić information content (AvgIpc) is 3.48. The fraction of sp³-hybridized carbons (Fsp3) is 0.229. The minimum Gasteiger partial charge on any atom is -0.455 e. The van der Waals surface area contributed by atoms with Crippen molar-refractivity contribution in [1.82, 2.24) is 15.0 Å². The molecule has 44 heavy (non-hydrogen) atoms. The molecule has 6 nitrogen and oxygen atoms in total. The molecule has 0 atom stereocenters. The molecule has 0 aliphatic carbocycles. The number of amides is 1. The monoisotopic (exact) mass is 624 g/mol. The zero-order valence-corrected chi connectivity index (χ0v) is 26.0.